The molecule has 1 saturated carbocycles. The molecule has 2 aromatic rings. The molecule has 7 heteroatoms. The topological polar surface area (TPSA) is 72.1 Å². The second kappa shape index (κ2) is 8.15. The summed E-state index contributed by atoms with van der Waals surface area (Å²) >= 11 is 5.86. The van der Waals surface area contributed by atoms with Crippen molar-refractivity contribution in [2.75, 3.05) is 20.2 Å². The van der Waals surface area contributed by atoms with E-state index < -0.39 is 12.1 Å². The molecule has 4 atom stereocenters. The number of furan rings is 1. The minimum atomic E-state index is -0.527. The molecule has 1 saturated heterocycles. The fourth-order valence-electron chi connectivity index (χ4n) is 4.39. The highest BCUT2D eigenvalue weighted by Crippen LogP contribution is 2.38. The summed E-state index contributed by atoms with van der Waals surface area (Å²) in [4.78, 5) is 14.1. The van der Waals surface area contributed by atoms with Gasteiger partial charge in [-0.25, -0.2) is 4.79 Å². The Morgan fingerprint density at radius 2 is 2.04 bits per heavy atom. The van der Waals surface area contributed by atoms with Gasteiger partial charge in [-0.05, 0) is 66.6 Å². The molecule has 1 aliphatic carbocycles. The van der Waals surface area contributed by atoms with E-state index in [0.29, 0.717) is 34.8 Å². The van der Waals surface area contributed by atoms with Crippen LogP contribution in [0.4, 0.5) is 0 Å². The molecule has 1 aromatic heterocycles. The van der Waals surface area contributed by atoms with Crippen molar-refractivity contribution in [3.05, 3.63) is 52.9 Å². The number of likely N-dealkylation sites (tertiary alicyclic amines) is 1. The Hall–Kier alpha value is -2.02. The number of nitrogens with zero attached hydrogens (tertiary/aromatic N) is 1. The Labute approximate surface area is 169 Å². The lowest BCUT2D eigenvalue weighted by Gasteiger charge is -2.35. The number of carbonyl (C=O) groups is 1. The summed E-state index contributed by atoms with van der Waals surface area (Å²) in [5.41, 5.74) is 0.437. The number of carbonyl (C=O) groups excluding carboxylic acids is 1. The second-order valence-corrected chi connectivity index (χ2v) is 8.01. The standard InChI is InChI=1S/C21H24ClNO5/c1-26-21(25)13-3-2-4-16(7-13)27-19-9-15-11-23(10-14(15)8-18(19)24)12-17-5-6-20(22)28-17/h2-7,14-15,18-19,24H,8-12H2,1H3/t14-,15+,18+,19+/m0/s1. The van der Waals surface area contributed by atoms with Crippen LogP contribution in [0.1, 0.15) is 29.0 Å². The van der Waals surface area contributed by atoms with Crippen molar-refractivity contribution < 1.29 is 23.8 Å². The molecule has 1 aromatic carbocycles. The smallest absolute Gasteiger partial charge is 0.337 e. The average molecular weight is 406 g/mol. The third-order valence-electron chi connectivity index (χ3n) is 5.71. The Morgan fingerprint density at radius 3 is 2.75 bits per heavy atom. The van der Waals surface area contributed by atoms with Gasteiger partial charge in [-0.2, -0.15) is 0 Å². The summed E-state index contributed by atoms with van der Waals surface area (Å²) in [6, 6.07) is 10.6. The van der Waals surface area contributed by atoms with Gasteiger partial charge in [0.25, 0.3) is 0 Å². The van der Waals surface area contributed by atoms with Crippen molar-refractivity contribution in [3.63, 3.8) is 0 Å². The summed E-state index contributed by atoms with van der Waals surface area (Å²) in [6.07, 6.45) is 0.679. The lowest BCUT2D eigenvalue weighted by atomic mass is 9.78. The SMILES string of the molecule is COC(=O)c1cccc(O[C@@H]2C[C@@H]3CN(Cc4ccc(Cl)o4)C[C@@H]3C[C@H]2O)c1. The first-order chi connectivity index (χ1) is 13.5. The van der Waals surface area contributed by atoms with Gasteiger partial charge < -0.3 is 19.0 Å². The quantitative estimate of drug-likeness (QED) is 0.769. The molecule has 2 aliphatic rings. The Morgan fingerprint density at radius 1 is 1.25 bits per heavy atom. The summed E-state index contributed by atoms with van der Waals surface area (Å²) < 4.78 is 16.3. The molecule has 2 fully saturated rings. The molecule has 1 aliphatic heterocycles. The van der Waals surface area contributed by atoms with Crippen LogP contribution in [-0.4, -0.2) is 48.4 Å². The van der Waals surface area contributed by atoms with Gasteiger partial charge in [-0.3, -0.25) is 4.90 Å². The number of esters is 1. The highest BCUT2D eigenvalue weighted by molar-refractivity contribution is 6.28. The van der Waals surface area contributed by atoms with E-state index in [4.69, 9.17) is 25.5 Å². The Balaban J connectivity index is 1.38. The zero-order valence-electron chi connectivity index (χ0n) is 15.7. The molecule has 0 amide bonds. The lowest BCUT2D eigenvalue weighted by molar-refractivity contribution is -0.0231. The van der Waals surface area contributed by atoms with Gasteiger partial charge in [0.1, 0.15) is 17.6 Å². The summed E-state index contributed by atoms with van der Waals surface area (Å²) in [5.74, 6) is 1.94. The van der Waals surface area contributed by atoms with Crippen molar-refractivity contribution in [1.29, 1.82) is 0 Å². The predicted molar refractivity (Wildman–Crippen MR) is 103 cm³/mol. The first kappa shape index (κ1) is 19.3. The van der Waals surface area contributed by atoms with Crippen molar-refractivity contribution >= 4 is 17.6 Å². The molecule has 0 bridgehead atoms. The molecule has 0 unspecified atom stereocenters. The van der Waals surface area contributed by atoms with Gasteiger partial charge in [-0.15, -0.1) is 0 Å². The second-order valence-electron chi connectivity index (χ2n) is 7.63. The monoisotopic (exact) mass is 405 g/mol. The van der Waals surface area contributed by atoms with Crippen LogP contribution in [0, 0.1) is 11.8 Å². The predicted octanol–water partition coefficient (Wildman–Crippen LogP) is 3.37. The van der Waals surface area contributed by atoms with Gasteiger partial charge in [0, 0.05) is 13.1 Å². The summed E-state index contributed by atoms with van der Waals surface area (Å²) in [7, 11) is 1.35. The number of rotatable bonds is 5. The molecule has 0 radical (unpaired) electrons. The molecule has 150 valence electrons. The first-order valence-corrected chi connectivity index (χ1v) is 9.89. The Bertz CT molecular complexity index is 838. The highest BCUT2D eigenvalue weighted by atomic mass is 35.5. The molecule has 28 heavy (non-hydrogen) atoms. The molecule has 1 N–H and O–H groups in total. The van der Waals surface area contributed by atoms with E-state index in [0.717, 1.165) is 31.8 Å². The maximum atomic E-state index is 11.7. The lowest BCUT2D eigenvalue weighted by Crippen LogP contribution is -2.42. The van der Waals surface area contributed by atoms with Crippen molar-refractivity contribution in [1.82, 2.24) is 4.90 Å². The van der Waals surface area contributed by atoms with E-state index in [2.05, 4.69) is 4.90 Å². The van der Waals surface area contributed by atoms with E-state index in [1.54, 1.807) is 30.3 Å². The van der Waals surface area contributed by atoms with E-state index in [-0.39, 0.29) is 6.10 Å². The van der Waals surface area contributed by atoms with E-state index in [9.17, 15) is 9.90 Å². The minimum Gasteiger partial charge on any atom is -0.488 e. The third kappa shape index (κ3) is 4.19. The van der Waals surface area contributed by atoms with Crippen molar-refractivity contribution in [2.45, 2.75) is 31.6 Å². The van der Waals surface area contributed by atoms with Crippen molar-refractivity contribution in [3.8, 4) is 5.75 Å². The zero-order valence-corrected chi connectivity index (χ0v) is 16.5. The minimum absolute atomic E-state index is 0.285. The number of hydrogen-bond acceptors (Lipinski definition) is 6. The maximum absolute atomic E-state index is 11.7. The number of halogens is 1. The number of ether oxygens (including phenoxy) is 2. The molecule has 6 nitrogen and oxygen atoms in total. The van der Waals surface area contributed by atoms with Crippen LogP contribution in [-0.2, 0) is 11.3 Å². The summed E-state index contributed by atoms with van der Waals surface area (Å²) in [5, 5.41) is 11.0. The fourth-order valence-corrected chi connectivity index (χ4v) is 4.55. The number of benzene rings is 1. The summed E-state index contributed by atoms with van der Waals surface area (Å²) in [6.45, 7) is 2.60. The molecular formula is C21H24ClNO5. The van der Waals surface area contributed by atoms with Crippen LogP contribution in [0.15, 0.2) is 40.8 Å². The van der Waals surface area contributed by atoms with Crippen LogP contribution < -0.4 is 4.74 Å². The van der Waals surface area contributed by atoms with Gasteiger partial charge in [0.15, 0.2) is 5.22 Å². The van der Waals surface area contributed by atoms with Gasteiger partial charge >= 0.3 is 5.97 Å². The number of hydrogen-bond donors (Lipinski definition) is 1. The largest absolute Gasteiger partial charge is 0.488 e. The molecule has 2 heterocycles. The van der Waals surface area contributed by atoms with Gasteiger partial charge in [0.05, 0.1) is 25.3 Å². The van der Waals surface area contributed by atoms with Crippen molar-refractivity contribution in [2.24, 2.45) is 11.8 Å². The number of aliphatic hydroxyl groups excluding tert-OH is 1. The highest BCUT2D eigenvalue weighted by Gasteiger charge is 2.42. The van der Waals surface area contributed by atoms with Crippen LogP contribution in [0.5, 0.6) is 5.75 Å². The van der Waals surface area contributed by atoms with E-state index in [1.165, 1.54) is 7.11 Å². The van der Waals surface area contributed by atoms with Crippen LogP contribution in [0.25, 0.3) is 0 Å². The maximum Gasteiger partial charge on any atom is 0.337 e. The molecule has 0 spiro atoms. The Kier molecular flexibility index (Phi) is 5.62. The van der Waals surface area contributed by atoms with E-state index in [1.807, 2.05) is 6.07 Å². The molecule has 4 rings (SSSR count). The third-order valence-corrected chi connectivity index (χ3v) is 5.91. The average Bonchev–Trinajstić information content (AvgIpc) is 3.26. The van der Waals surface area contributed by atoms with Crippen LogP contribution in [0.2, 0.25) is 5.22 Å². The molecular weight excluding hydrogens is 382 g/mol. The normalized spacial score (nSPS) is 27.4. The number of aliphatic hydroxyl groups is 1. The van der Waals surface area contributed by atoms with Crippen LogP contribution >= 0.6 is 11.6 Å². The zero-order chi connectivity index (χ0) is 19.7. The van der Waals surface area contributed by atoms with Gasteiger partial charge in [-0.1, -0.05) is 6.07 Å². The number of methoxy groups -OCH3 is 1. The van der Waals surface area contributed by atoms with Crippen LogP contribution in [0.3, 0.4) is 0 Å². The van der Waals surface area contributed by atoms with Gasteiger partial charge in [0.2, 0.25) is 0 Å². The fraction of sp³-hybridized carbons (Fsp3) is 0.476. The number of fused-ring (bicyclic) bond motifs is 1. The van der Waals surface area contributed by atoms with E-state index >= 15 is 0 Å². The first-order valence-electron chi connectivity index (χ1n) is 9.51.